The molecule has 32 heavy (non-hydrogen) atoms. The van der Waals surface area contributed by atoms with Gasteiger partial charge in [0.05, 0.1) is 12.7 Å². The molecule has 1 saturated heterocycles. The molecule has 1 aliphatic heterocycles. The molecule has 0 radical (unpaired) electrons. The van der Waals surface area contributed by atoms with E-state index in [1.165, 1.54) is 41.4 Å². The van der Waals surface area contributed by atoms with Gasteiger partial charge in [0.1, 0.15) is 0 Å². The van der Waals surface area contributed by atoms with E-state index in [4.69, 9.17) is 4.74 Å². The molecule has 2 atom stereocenters. The topological polar surface area (TPSA) is 66.8 Å². The fourth-order valence-corrected chi connectivity index (χ4v) is 4.49. The molecule has 0 aromatic carbocycles. The molecule has 1 unspecified atom stereocenters. The number of carbonyl (C=O) groups is 2. The smallest absolute Gasteiger partial charge is 0.331 e. The largest absolute Gasteiger partial charge is 0.464 e. The second-order valence-corrected chi connectivity index (χ2v) is 9.51. The summed E-state index contributed by atoms with van der Waals surface area (Å²) in [6.45, 7) is 13.0. The Morgan fingerprint density at radius 1 is 1.22 bits per heavy atom. The van der Waals surface area contributed by atoms with Crippen molar-refractivity contribution in [2.75, 3.05) is 13.2 Å². The predicted molar refractivity (Wildman–Crippen MR) is 129 cm³/mol. The second kappa shape index (κ2) is 11.5. The molecular weight excluding hydrogens is 402 g/mol. The molecule has 176 valence electrons. The molecule has 5 heteroatoms. The average Bonchev–Trinajstić information content (AvgIpc) is 3.09. The molecule has 1 fully saturated rings. The summed E-state index contributed by atoms with van der Waals surface area (Å²) in [6, 6.07) is -0.926. The standard InChI is InChI=1S/C27H39NO4/c1-7-32-26(31)25-23(29)15-17-28(25)24(30)18-20(3)11-8-10-19(2)13-14-22-21(4)12-9-16-27(22,5)6/h8,10-11,13-14,18,23,25,29H,7,9,12,15-17H2,1-6H3/t23?,25-/m0/s1. The summed E-state index contributed by atoms with van der Waals surface area (Å²) < 4.78 is 5.01. The van der Waals surface area contributed by atoms with E-state index in [0.29, 0.717) is 13.0 Å². The SMILES string of the molecule is CCOC(=O)[C@@H]1C(O)CCN1C(=O)C=C(C)C=CC=C(C)C=CC1=C(C)CCCC1(C)C. The molecule has 0 aromatic heterocycles. The van der Waals surface area contributed by atoms with Crippen LogP contribution in [0.5, 0.6) is 0 Å². The molecule has 1 aliphatic carbocycles. The summed E-state index contributed by atoms with van der Waals surface area (Å²) in [5.41, 5.74) is 5.04. The van der Waals surface area contributed by atoms with Crippen LogP contribution in [0.25, 0.3) is 0 Å². The van der Waals surface area contributed by atoms with Crippen molar-refractivity contribution in [3.8, 4) is 0 Å². The summed E-state index contributed by atoms with van der Waals surface area (Å²) in [6.07, 6.45) is 14.9. The van der Waals surface area contributed by atoms with Crippen LogP contribution in [0.4, 0.5) is 0 Å². The number of allylic oxidation sites excluding steroid dienone is 9. The Morgan fingerprint density at radius 3 is 2.59 bits per heavy atom. The van der Waals surface area contributed by atoms with Crippen LogP contribution in [-0.4, -0.2) is 47.2 Å². The average molecular weight is 442 g/mol. The summed E-state index contributed by atoms with van der Waals surface area (Å²) >= 11 is 0. The van der Waals surface area contributed by atoms with E-state index in [9.17, 15) is 14.7 Å². The Kier molecular flexibility index (Phi) is 9.26. The zero-order valence-electron chi connectivity index (χ0n) is 20.5. The van der Waals surface area contributed by atoms with E-state index in [2.05, 4.69) is 39.8 Å². The van der Waals surface area contributed by atoms with Crippen LogP contribution in [-0.2, 0) is 14.3 Å². The van der Waals surface area contributed by atoms with Gasteiger partial charge in [-0.2, -0.15) is 0 Å². The van der Waals surface area contributed by atoms with E-state index >= 15 is 0 Å². The van der Waals surface area contributed by atoms with Gasteiger partial charge in [0.25, 0.3) is 0 Å². The van der Waals surface area contributed by atoms with E-state index in [1.54, 1.807) is 6.92 Å². The first-order valence-corrected chi connectivity index (χ1v) is 11.6. The van der Waals surface area contributed by atoms with Gasteiger partial charge in [-0.15, -0.1) is 0 Å². The van der Waals surface area contributed by atoms with Crippen molar-refractivity contribution in [2.24, 2.45) is 5.41 Å². The number of likely N-dealkylation sites (tertiary alicyclic amines) is 1. The summed E-state index contributed by atoms with van der Waals surface area (Å²) in [7, 11) is 0. The minimum atomic E-state index is -0.926. The quantitative estimate of drug-likeness (QED) is 0.341. The maximum Gasteiger partial charge on any atom is 0.331 e. The zero-order valence-corrected chi connectivity index (χ0v) is 20.5. The fourth-order valence-electron chi connectivity index (χ4n) is 4.49. The van der Waals surface area contributed by atoms with Gasteiger partial charge in [0, 0.05) is 12.6 Å². The van der Waals surface area contributed by atoms with Crippen LogP contribution in [0.15, 0.2) is 58.7 Å². The third-order valence-corrected chi connectivity index (χ3v) is 6.30. The molecule has 0 bridgehead atoms. The van der Waals surface area contributed by atoms with Gasteiger partial charge in [-0.3, -0.25) is 4.79 Å². The molecule has 5 nitrogen and oxygen atoms in total. The van der Waals surface area contributed by atoms with Crippen molar-refractivity contribution in [2.45, 2.75) is 79.4 Å². The number of amides is 1. The van der Waals surface area contributed by atoms with Gasteiger partial charge in [-0.1, -0.05) is 55.4 Å². The second-order valence-electron chi connectivity index (χ2n) is 9.51. The van der Waals surface area contributed by atoms with Crippen LogP contribution >= 0.6 is 0 Å². The summed E-state index contributed by atoms with van der Waals surface area (Å²) in [4.78, 5) is 26.2. The van der Waals surface area contributed by atoms with Crippen molar-refractivity contribution < 1.29 is 19.4 Å². The molecule has 1 heterocycles. The van der Waals surface area contributed by atoms with Crippen molar-refractivity contribution in [3.05, 3.63) is 58.7 Å². The number of aliphatic hydroxyl groups excluding tert-OH is 1. The van der Waals surface area contributed by atoms with Crippen molar-refractivity contribution in [1.29, 1.82) is 0 Å². The number of hydrogen-bond donors (Lipinski definition) is 1. The first kappa shape index (κ1) is 25.9. The highest BCUT2D eigenvalue weighted by molar-refractivity contribution is 5.93. The Hall–Kier alpha value is -2.40. The molecular formula is C27H39NO4. The number of carbonyl (C=O) groups excluding carboxylic acids is 2. The number of esters is 1. The lowest BCUT2D eigenvalue weighted by molar-refractivity contribution is -0.154. The molecule has 2 aliphatic rings. The monoisotopic (exact) mass is 441 g/mol. The Bertz CT molecular complexity index is 857. The van der Waals surface area contributed by atoms with Gasteiger partial charge < -0.3 is 14.7 Å². The maximum atomic E-state index is 12.7. The van der Waals surface area contributed by atoms with Crippen molar-refractivity contribution in [1.82, 2.24) is 4.90 Å². The molecule has 0 saturated carbocycles. The van der Waals surface area contributed by atoms with E-state index in [1.807, 2.05) is 25.2 Å². The fraction of sp³-hybridized carbons (Fsp3) is 0.556. The van der Waals surface area contributed by atoms with Crippen LogP contribution in [0.1, 0.15) is 67.2 Å². The lowest BCUT2D eigenvalue weighted by atomic mass is 9.72. The van der Waals surface area contributed by atoms with Gasteiger partial charge in [0.2, 0.25) is 5.91 Å². The number of rotatable bonds is 7. The number of hydrogen-bond acceptors (Lipinski definition) is 4. The minimum absolute atomic E-state index is 0.218. The maximum absolute atomic E-state index is 12.7. The summed E-state index contributed by atoms with van der Waals surface area (Å²) in [5.74, 6) is -0.839. The van der Waals surface area contributed by atoms with Gasteiger partial charge >= 0.3 is 5.97 Å². The van der Waals surface area contributed by atoms with Gasteiger partial charge in [-0.25, -0.2) is 4.79 Å². The zero-order chi connectivity index (χ0) is 23.9. The molecule has 0 spiro atoms. The number of aliphatic hydroxyl groups is 1. The van der Waals surface area contributed by atoms with Gasteiger partial charge in [-0.05, 0) is 69.9 Å². The highest BCUT2D eigenvalue weighted by Gasteiger charge is 2.41. The first-order valence-electron chi connectivity index (χ1n) is 11.6. The minimum Gasteiger partial charge on any atom is -0.464 e. The van der Waals surface area contributed by atoms with Gasteiger partial charge in [0.15, 0.2) is 6.04 Å². The Balaban J connectivity index is 2.02. The lowest BCUT2D eigenvalue weighted by Crippen LogP contribution is -2.45. The molecule has 1 amide bonds. The Labute approximate surface area is 193 Å². The predicted octanol–water partition coefficient (Wildman–Crippen LogP) is 5.04. The highest BCUT2D eigenvalue weighted by atomic mass is 16.5. The van der Waals surface area contributed by atoms with E-state index < -0.39 is 18.1 Å². The third-order valence-electron chi connectivity index (χ3n) is 6.30. The first-order chi connectivity index (χ1) is 15.1. The normalized spacial score (nSPS) is 24.7. The molecule has 0 aromatic rings. The van der Waals surface area contributed by atoms with Crippen LogP contribution in [0, 0.1) is 5.41 Å². The van der Waals surface area contributed by atoms with Crippen molar-refractivity contribution in [3.63, 3.8) is 0 Å². The van der Waals surface area contributed by atoms with Crippen molar-refractivity contribution >= 4 is 11.9 Å². The number of ether oxygens (including phenoxy) is 1. The van der Waals surface area contributed by atoms with Crippen LogP contribution in [0.2, 0.25) is 0 Å². The lowest BCUT2D eigenvalue weighted by Gasteiger charge is -2.32. The third kappa shape index (κ3) is 6.80. The van der Waals surface area contributed by atoms with E-state index in [-0.39, 0.29) is 17.9 Å². The Morgan fingerprint density at radius 2 is 1.94 bits per heavy atom. The van der Waals surface area contributed by atoms with Crippen LogP contribution < -0.4 is 0 Å². The van der Waals surface area contributed by atoms with Crippen LogP contribution in [0.3, 0.4) is 0 Å². The highest BCUT2D eigenvalue weighted by Crippen LogP contribution is 2.40. The van der Waals surface area contributed by atoms with E-state index in [0.717, 1.165) is 11.1 Å². The molecule has 1 N–H and O–H groups in total. The number of nitrogens with zero attached hydrogens (tertiary/aromatic N) is 1. The summed E-state index contributed by atoms with van der Waals surface area (Å²) in [5, 5.41) is 10.1. The molecule has 2 rings (SSSR count).